The first-order valence-electron chi connectivity index (χ1n) is 5.39. The molecule has 1 aliphatic rings. The van der Waals surface area contributed by atoms with Crippen LogP contribution in [-0.4, -0.2) is 39.8 Å². The Hall–Kier alpha value is -0.880. The van der Waals surface area contributed by atoms with Gasteiger partial charge in [0.05, 0.1) is 32.1 Å². The number of ether oxygens (including phenoxy) is 3. The molecule has 1 unspecified atom stereocenters. The van der Waals surface area contributed by atoms with Crippen molar-refractivity contribution in [2.45, 2.75) is 12.3 Å². The molecule has 1 saturated heterocycles. The highest BCUT2D eigenvalue weighted by atomic mass is 16.7. The van der Waals surface area contributed by atoms with Gasteiger partial charge in [0.25, 0.3) is 0 Å². The molecule has 5 heteroatoms. The van der Waals surface area contributed by atoms with Crippen LogP contribution in [0.1, 0.15) is 11.8 Å². The molecule has 2 rings (SSSR count). The maximum Gasteiger partial charge on any atom is 0.170 e. The molecule has 0 bridgehead atoms. The van der Waals surface area contributed by atoms with Crippen molar-refractivity contribution in [2.24, 2.45) is 0 Å². The SMILES string of the molecule is COCC(NCC1OCCO1)c1ccco1. The first-order chi connectivity index (χ1) is 7.90. The average Bonchev–Trinajstić information content (AvgIpc) is 2.96. The first-order valence-corrected chi connectivity index (χ1v) is 5.39. The summed E-state index contributed by atoms with van der Waals surface area (Å²) >= 11 is 0. The molecule has 0 aromatic carbocycles. The van der Waals surface area contributed by atoms with E-state index >= 15 is 0 Å². The zero-order valence-electron chi connectivity index (χ0n) is 9.35. The monoisotopic (exact) mass is 227 g/mol. The number of methoxy groups -OCH3 is 1. The van der Waals surface area contributed by atoms with Crippen molar-refractivity contribution in [1.29, 1.82) is 0 Å². The smallest absolute Gasteiger partial charge is 0.170 e. The largest absolute Gasteiger partial charge is 0.468 e. The van der Waals surface area contributed by atoms with Gasteiger partial charge in [0.15, 0.2) is 6.29 Å². The minimum absolute atomic E-state index is 0.0350. The van der Waals surface area contributed by atoms with Crippen molar-refractivity contribution in [1.82, 2.24) is 5.32 Å². The van der Waals surface area contributed by atoms with Gasteiger partial charge in [-0.2, -0.15) is 0 Å². The molecule has 1 fully saturated rings. The summed E-state index contributed by atoms with van der Waals surface area (Å²) in [5.74, 6) is 0.861. The molecule has 2 heterocycles. The van der Waals surface area contributed by atoms with E-state index in [2.05, 4.69) is 5.32 Å². The van der Waals surface area contributed by atoms with Crippen LogP contribution in [-0.2, 0) is 14.2 Å². The Labute approximate surface area is 94.7 Å². The fraction of sp³-hybridized carbons (Fsp3) is 0.636. The molecule has 90 valence electrons. The third-order valence-corrected chi connectivity index (χ3v) is 2.44. The van der Waals surface area contributed by atoms with Gasteiger partial charge in [-0.1, -0.05) is 0 Å². The van der Waals surface area contributed by atoms with Gasteiger partial charge in [0.2, 0.25) is 0 Å². The second-order valence-electron chi connectivity index (χ2n) is 3.60. The second-order valence-corrected chi connectivity index (χ2v) is 3.60. The van der Waals surface area contributed by atoms with Crippen LogP contribution >= 0.6 is 0 Å². The first kappa shape index (κ1) is 11.6. The van der Waals surface area contributed by atoms with Crippen molar-refractivity contribution in [3.63, 3.8) is 0 Å². The molecule has 1 aliphatic heterocycles. The van der Waals surface area contributed by atoms with Crippen LogP contribution in [0.15, 0.2) is 22.8 Å². The van der Waals surface area contributed by atoms with Gasteiger partial charge in [0, 0.05) is 13.7 Å². The molecule has 0 amide bonds. The van der Waals surface area contributed by atoms with Crippen molar-refractivity contribution in [3.05, 3.63) is 24.2 Å². The van der Waals surface area contributed by atoms with E-state index in [1.54, 1.807) is 13.4 Å². The highest BCUT2D eigenvalue weighted by Crippen LogP contribution is 2.14. The number of rotatable bonds is 6. The average molecular weight is 227 g/mol. The summed E-state index contributed by atoms with van der Waals surface area (Å²) in [7, 11) is 1.67. The summed E-state index contributed by atoms with van der Waals surface area (Å²) in [4.78, 5) is 0. The lowest BCUT2D eigenvalue weighted by Gasteiger charge is -2.17. The summed E-state index contributed by atoms with van der Waals surface area (Å²) in [6, 6.07) is 3.82. The van der Waals surface area contributed by atoms with Gasteiger partial charge in [-0.25, -0.2) is 0 Å². The van der Waals surface area contributed by atoms with Crippen molar-refractivity contribution in [2.75, 3.05) is 33.5 Å². The van der Waals surface area contributed by atoms with E-state index < -0.39 is 0 Å². The van der Waals surface area contributed by atoms with E-state index in [0.717, 1.165) is 5.76 Å². The highest BCUT2D eigenvalue weighted by Gasteiger charge is 2.19. The van der Waals surface area contributed by atoms with Crippen LogP contribution in [0.25, 0.3) is 0 Å². The molecule has 0 aliphatic carbocycles. The number of hydrogen-bond acceptors (Lipinski definition) is 5. The van der Waals surface area contributed by atoms with Gasteiger partial charge >= 0.3 is 0 Å². The summed E-state index contributed by atoms with van der Waals surface area (Å²) in [6.45, 7) is 2.53. The van der Waals surface area contributed by atoms with E-state index in [1.807, 2.05) is 12.1 Å². The Morgan fingerprint density at radius 2 is 2.31 bits per heavy atom. The molecule has 1 aromatic rings. The fourth-order valence-electron chi connectivity index (χ4n) is 1.66. The zero-order valence-corrected chi connectivity index (χ0v) is 9.35. The van der Waals surface area contributed by atoms with Crippen LogP contribution in [0.4, 0.5) is 0 Å². The van der Waals surface area contributed by atoms with Crippen molar-refractivity contribution < 1.29 is 18.6 Å². The number of furan rings is 1. The normalized spacial score (nSPS) is 19.1. The van der Waals surface area contributed by atoms with Gasteiger partial charge in [-0.05, 0) is 12.1 Å². The highest BCUT2D eigenvalue weighted by molar-refractivity contribution is 5.04. The van der Waals surface area contributed by atoms with Crippen molar-refractivity contribution >= 4 is 0 Å². The van der Waals surface area contributed by atoms with Crippen LogP contribution < -0.4 is 5.32 Å². The Bertz CT molecular complexity index is 282. The quantitative estimate of drug-likeness (QED) is 0.783. The van der Waals surface area contributed by atoms with Gasteiger partial charge < -0.3 is 23.9 Å². The van der Waals surface area contributed by atoms with Crippen LogP contribution in [0.2, 0.25) is 0 Å². The van der Waals surface area contributed by atoms with E-state index in [1.165, 1.54) is 0 Å². The maximum absolute atomic E-state index is 5.34. The predicted molar refractivity (Wildman–Crippen MR) is 57.0 cm³/mol. The van der Waals surface area contributed by atoms with Crippen LogP contribution in [0, 0.1) is 0 Å². The van der Waals surface area contributed by atoms with E-state index in [9.17, 15) is 0 Å². The Morgan fingerprint density at radius 3 is 2.94 bits per heavy atom. The lowest BCUT2D eigenvalue weighted by Crippen LogP contribution is -2.32. The lowest BCUT2D eigenvalue weighted by molar-refractivity contribution is -0.0424. The number of nitrogens with one attached hydrogen (secondary N) is 1. The molecule has 5 nitrogen and oxygen atoms in total. The molecule has 0 spiro atoms. The number of hydrogen-bond donors (Lipinski definition) is 1. The minimum Gasteiger partial charge on any atom is -0.468 e. The maximum atomic E-state index is 5.34. The van der Waals surface area contributed by atoms with Gasteiger partial charge in [0.1, 0.15) is 5.76 Å². The third kappa shape index (κ3) is 3.05. The van der Waals surface area contributed by atoms with E-state index in [4.69, 9.17) is 18.6 Å². The Morgan fingerprint density at radius 1 is 1.50 bits per heavy atom. The molecule has 1 aromatic heterocycles. The lowest BCUT2D eigenvalue weighted by atomic mass is 10.2. The van der Waals surface area contributed by atoms with Crippen molar-refractivity contribution in [3.8, 4) is 0 Å². The van der Waals surface area contributed by atoms with Gasteiger partial charge in [-0.15, -0.1) is 0 Å². The molecular weight excluding hydrogens is 210 g/mol. The van der Waals surface area contributed by atoms with E-state index in [-0.39, 0.29) is 12.3 Å². The molecule has 16 heavy (non-hydrogen) atoms. The van der Waals surface area contributed by atoms with E-state index in [0.29, 0.717) is 26.4 Å². The molecule has 1 atom stereocenters. The van der Waals surface area contributed by atoms with Gasteiger partial charge in [-0.3, -0.25) is 0 Å². The molecule has 1 N–H and O–H groups in total. The predicted octanol–water partition coefficient (Wildman–Crippen LogP) is 0.930. The Kier molecular flexibility index (Phi) is 4.35. The van der Waals surface area contributed by atoms with Crippen LogP contribution in [0.5, 0.6) is 0 Å². The summed E-state index contributed by atoms with van der Waals surface area (Å²) in [5, 5.41) is 3.30. The molecule has 0 radical (unpaired) electrons. The summed E-state index contributed by atoms with van der Waals surface area (Å²) < 4.78 is 21.2. The Balaban J connectivity index is 1.82. The molecule has 0 saturated carbocycles. The fourth-order valence-corrected chi connectivity index (χ4v) is 1.66. The minimum atomic E-state index is -0.158. The topological polar surface area (TPSA) is 52.9 Å². The summed E-state index contributed by atoms with van der Waals surface area (Å²) in [5.41, 5.74) is 0. The zero-order chi connectivity index (χ0) is 11.2. The second kappa shape index (κ2) is 6.00. The standard InChI is InChI=1S/C11H17NO4/c1-13-8-9(10-3-2-4-14-10)12-7-11-15-5-6-16-11/h2-4,9,11-12H,5-8H2,1H3. The molecular formula is C11H17NO4. The summed E-state index contributed by atoms with van der Waals surface area (Å²) in [6.07, 6.45) is 1.50. The van der Waals surface area contributed by atoms with Crippen LogP contribution in [0.3, 0.4) is 0 Å². The third-order valence-electron chi connectivity index (χ3n) is 2.44.